The molecule has 5 heteroatoms. The Balaban J connectivity index is 1.50. The minimum Gasteiger partial charge on any atom is -0.490 e. The summed E-state index contributed by atoms with van der Waals surface area (Å²) in [6, 6.07) is 13.6. The highest BCUT2D eigenvalue weighted by atomic mass is 35.5. The number of aromatic amines is 1. The van der Waals surface area contributed by atoms with E-state index in [0.29, 0.717) is 16.5 Å². The van der Waals surface area contributed by atoms with Crippen LogP contribution in [0.4, 0.5) is 5.69 Å². The highest BCUT2D eigenvalue weighted by Gasteiger charge is 2.24. The van der Waals surface area contributed by atoms with Gasteiger partial charge in [-0.3, -0.25) is 0 Å². The third kappa shape index (κ3) is 3.31. The second-order valence-corrected chi connectivity index (χ2v) is 6.99. The Bertz CT molecular complexity index is 985. The maximum absolute atomic E-state index is 7.06. The molecular weight excluding hydrogens is 346 g/mol. The zero-order chi connectivity index (χ0) is 18.1. The number of imidazole rings is 1. The fourth-order valence-electron chi connectivity index (χ4n) is 3.24. The van der Waals surface area contributed by atoms with Crippen molar-refractivity contribution in [2.75, 3.05) is 0 Å². The van der Waals surface area contributed by atoms with E-state index in [1.807, 2.05) is 0 Å². The molecule has 0 spiro atoms. The molecule has 0 bridgehead atoms. The second kappa shape index (κ2) is 6.86. The first kappa shape index (κ1) is 16.7. The number of nitrogens with zero attached hydrogens (tertiary/aromatic N) is 2. The molecule has 2 aromatic carbocycles. The molecule has 1 aromatic heterocycles. The zero-order valence-corrected chi connectivity index (χ0v) is 15.2. The number of aryl methyl sites for hydroxylation is 2. The van der Waals surface area contributed by atoms with Gasteiger partial charge < -0.3 is 9.72 Å². The Hall–Kier alpha value is -2.77. The molecule has 0 radical (unpaired) electrons. The van der Waals surface area contributed by atoms with Gasteiger partial charge in [0, 0.05) is 17.7 Å². The molecule has 0 aliphatic heterocycles. The van der Waals surface area contributed by atoms with Crippen LogP contribution in [0.2, 0.25) is 5.02 Å². The monoisotopic (exact) mass is 363 g/mol. The molecule has 1 aliphatic carbocycles. The maximum atomic E-state index is 7.06. The molecule has 1 N–H and O–H groups in total. The summed E-state index contributed by atoms with van der Waals surface area (Å²) in [6.07, 6.45) is 2.66. The predicted molar refractivity (Wildman–Crippen MR) is 103 cm³/mol. The number of fused-ring (bicyclic) bond motifs is 1. The molecule has 26 heavy (non-hydrogen) atoms. The first-order valence-electron chi connectivity index (χ1n) is 8.61. The Morgan fingerprint density at radius 2 is 2.04 bits per heavy atom. The predicted octanol–water partition coefficient (Wildman–Crippen LogP) is 5.53. The Morgan fingerprint density at radius 1 is 1.23 bits per heavy atom. The van der Waals surface area contributed by atoms with Crippen molar-refractivity contribution in [3.05, 3.63) is 75.9 Å². The lowest BCUT2D eigenvalue weighted by atomic mass is 9.98. The van der Waals surface area contributed by atoms with Crippen LogP contribution >= 0.6 is 11.6 Å². The van der Waals surface area contributed by atoms with Crippen molar-refractivity contribution in [3.8, 4) is 17.1 Å². The Morgan fingerprint density at radius 3 is 2.77 bits per heavy atom. The van der Waals surface area contributed by atoms with Gasteiger partial charge >= 0.3 is 0 Å². The van der Waals surface area contributed by atoms with E-state index in [-0.39, 0.29) is 6.10 Å². The summed E-state index contributed by atoms with van der Waals surface area (Å²) >= 11 is 6.10. The number of benzene rings is 2. The van der Waals surface area contributed by atoms with Crippen LogP contribution in [0.1, 0.15) is 23.4 Å². The van der Waals surface area contributed by atoms with Crippen LogP contribution in [-0.4, -0.2) is 16.1 Å². The van der Waals surface area contributed by atoms with Crippen molar-refractivity contribution in [1.29, 1.82) is 0 Å². The summed E-state index contributed by atoms with van der Waals surface area (Å²) in [4.78, 5) is 11.6. The van der Waals surface area contributed by atoms with Gasteiger partial charge in [0.2, 0.25) is 5.69 Å². The van der Waals surface area contributed by atoms with Crippen LogP contribution in [0.15, 0.2) is 42.5 Å². The van der Waals surface area contributed by atoms with E-state index in [1.165, 1.54) is 5.56 Å². The van der Waals surface area contributed by atoms with Gasteiger partial charge in [-0.1, -0.05) is 47.5 Å². The molecule has 130 valence electrons. The van der Waals surface area contributed by atoms with Crippen LogP contribution < -0.4 is 4.74 Å². The van der Waals surface area contributed by atoms with Gasteiger partial charge in [0.25, 0.3) is 0 Å². The SMILES string of the molecule is [C-]#[N+]c1ccc(O[C@@H]2CCc3nc(-c4ccc(C)cc4)[nH]c3C2)cc1Cl. The van der Waals surface area contributed by atoms with Crippen molar-refractivity contribution in [2.45, 2.75) is 32.3 Å². The molecule has 4 rings (SSSR count). The fourth-order valence-corrected chi connectivity index (χ4v) is 3.45. The van der Waals surface area contributed by atoms with Gasteiger partial charge in [-0.25, -0.2) is 9.83 Å². The van der Waals surface area contributed by atoms with Crippen molar-refractivity contribution < 1.29 is 4.74 Å². The van der Waals surface area contributed by atoms with Crippen LogP contribution in [-0.2, 0) is 12.8 Å². The maximum Gasteiger partial charge on any atom is 0.205 e. The van der Waals surface area contributed by atoms with E-state index in [4.69, 9.17) is 27.9 Å². The smallest absolute Gasteiger partial charge is 0.205 e. The van der Waals surface area contributed by atoms with Gasteiger partial charge in [0.1, 0.15) is 17.7 Å². The first-order chi connectivity index (χ1) is 12.6. The van der Waals surface area contributed by atoms with Crippen LogP contribution in [0.3, 0.4) is 0 Å². The normalized spacial score (nSPS) is 16.0. The fraction of sp³-hybridized carbons (Fsp3) is 0.238. The Labute approximate surface area is 157 Å². The molecule has 0 fully saturated rings. The summed E-state index contributed by atoms with van der Waals surface area (Å²) < 4.78 is 6.09. The first-order valence-corrected chi connectivity index (χ1v) is 8.98. The number of aromatic nitrogens is 2. The van der Waals surface area contributed by atoms with E-state index in [1.54, 1.807) is 18.2 Å². The molecule has 1 aliphatic rings. The van der Waals surface area contributed by atoms with Crippen LogP contribution in [0.25, 0.3) is 16.2 Å². The number of H-pyrrole nitrogens is 1. The van der Waals surface area contributed by atoms with Gasteiger partial charge in [-0.2, -0.15) is 0 Å². The molecular formula is C21H18ClN3O. The van der Waals surface area contributed by atoms with E-state index in [9.17, 15) is 0 Å². The lowest BCUT2D eigenvalue weighted by Gasteiger charge is -2.22. The molecule has 4 nitrogen and oxygen atoms in total. The van der Waals surface area contributed by atoms with E-state index < -0.39 is 0 Å². The molecule has 1 heterocycles. The zero-order valence-electron chi connectivity index (χ0n) is 14.4. The van der Waals surface area contributed by atoms with Gasteiger partial charge in [0.05, 0.1) is 17.3 Å². The number of rotatable bonds is 3. The van der Waals surface area contributed by atoms with E-state index in [0.717, 1.165) is 42.0 Å². The van der Waals surface area contributed by atoms with Crippen molar-refractivity contribution in [1.82, 2.24) is 9.97 Å². The van der Waals surface area contributed by atoms with Crippen LogP contribution in [0, 0.1) is 13.5 Å². The molecule has 0 amide bonds. The molecule has 3 aromatic rings. The molecule has 0 saturated heterocycles. The average molecular weight is 364 g/mol. The quantitative estimate of drug-likeness (QED) is 0.622. The minimum atomic E-state index is 0.0728. The summed E-state index contributed by atoms with van der Waals surface area (Å²) in [5.41, 5.74) is 5.05. The third-order valence-electron chi connectivity index (χ3n) is 4.67. The highest BCUT2D eigenvalue weighted by molar-refractivity contribution is 6.33. The van der Waals surface area contributed by atoms with E-state index in [2.05, 4.69) is 41.0 Å². The van der Waals surface area contributed by atoms with Gasteiger partial charge in [-0.15, -0.1) is 0 Å². The summed E-state index contributed by atoms with van der Waals surface area (Å²) in [5, 5.41) is 0.428. The lowest BCUT2D eigenvalue weighted by molar-refractivity contribution is 0.183. The topological polar surface area (TPSA) is 42.3 Å². The summed E-state index contributed by atoms with van der Waals surface area (Å²) in [7, 11) is 0. The van der Waals surface area contributed by atoms with Crippen molar-refractivity contribution >= 4 is 17.3 Å². The Kier molecular flexibility index (Phi) is 4.40. The lowest BCUT2D eigenvalue weighted by Crippen LogP contribution is -2.25. The van der Waals surface area contributed by atoms with Gasteiger partial charge in [0.15, 0.2) is 0 Å². The molecule has 0 saturated carbocycles. The van der Waals surface area contributed by atoms with Gasteiger partial charge in [-0.05, 0) is 31.9 Å². The average Bonchev–Trinajstić information content (AvgIpc) is 3.06. The number of nitrogens with one attached hydrogen (secondary N) is 1. The van der Waals surface area contributed by atoms with Crippen LogP contribution in [0.5, 0.6) is 5.75 Å². The number of ether oxygens (including phenoxy) is 1. The number of hydrogen-bond acceptors (Lipinski definition) is 2. The third-order valence-corrected chi connectivity index (χ3v) is 4.97. The largest absolute Gasteiger partial charge is 0.490 e. The molecule has 1 atom stereocenters. The molecule has 0 unspecified atom stereocenters. The van der Waals surface area contributed by atoms with E-state index >= 15 is 0 Å². The summed E-state index contributed by atoms with van der Waals surface area (Å²) in [5.74, 6) is 1.62. The second-order valence-electron chi connectivity index (χ2n) is 6.58. The minimum absolute atomic E-state index is 0.0728. The number of hydrogen-bond donors (Lipinski definition) is 1. The van der Waals surface area contributed by atoms with Crippen molar-refractivity contribution in [2.24, 2.45) is 0 Å². The number of halogens is 1. The highest BCUT2D eigenvalue weighted by Crippen LogP contribution is 2.31. The summed E-state index contributed by atoms with van der Waals surface area (Å²) in [6.45, 7) is 9.14. The standard InChI is InChI=1S/C21H18ClN3O/c1-13-3-5-14(6-4-13)21-24-19-10-8-16(12-20(19)25-21)26-15-7-9-18(23-2)17(22)11-15/h3-7,9,11,16H,8,10,12H2,1H3,(H,24,25)/t16-/m1/s1. The van der Waals surface area contributed by atoms with Crippen molar-refractivity contribution in [3.63, 3.8) is 0 Å².